The number of carbonyl (C=O) groups is 1. The normalized spacial score (nSPS) is 15.8. The van der Waals surface area contributed by atoms with Crippen molar-refractivity contribution in [3.63, 3.8) is 0 Å². The van der Waals surface area contributed by atoms with Crippen LogP contribution in [0.15, 0.2) is 24.7 Å². The van der Waals surface area contributed by atoms with E-state index in [0.717, 1.165) is 18.6 Å². The quantitative estimate of drug-likeness (QED) is 0.795. The van der Waals surface area contributed by atoms with Crippen molar-refractivity contribution in [1.29, 1.82) is 0 Å². The van der Waals surface area contributed by atoms with Crippen LogP contribution in [0.5, 0.6) is 0 Å². The molecule has 0 saturated carbocycles. The molecule has 1 amide bonds. The van der Waals surface area contributed by atoms with Crippen molar-refractivity contribution >= 4 is 11.6 Å². The minimum absolute atomic E-state index is 0.0309. The van der Waals surface area contributed by atoms with E-state index < -0.39 is 0 Å². The molecule has 6 nitrogen and oxygen atoms in total. The highest BCUT2D eigenvalue weighted by Crippen LogP contribution is 2.10. The molecule has 0 bridgehead atoms. The maximum atomic E-state index is 12.1. The first kappa shape index (κ1) is 15.9. The molecule has 0 radical (unpaired) electrons. The number of unbranched alkanes of at least 4 members (excludes halogenated alkanes) is 2. The Morgan fingerprint density at radius 3 is 2.87 bits per heavy atom. The highest BCUT2D eigenvalue weighted by atomic mass is 16.1. The third-order valence-electron chi connectivity index (χ3n) is 4.44. The maximum Gasteiger partial charge on any atom is 0.252 e. The summed E-state index contributed by atoms with van der Waals surface area (Å²) in [5.74, 6) is -0.0309. The van der Waals surface area contributed by atoms with Gasteiger partial charge in [0.25, 0.3) is 5.91 Å². The number of hydrogen-bond acceptors (Lipinski definition) is 4. The van der Waals surface area contributed by atoms with Gasteiger partial charge in [0.2, 0.25) is 0 Å². The summed E-state index contributed by atoms with van der Waals surface area (Å²) in [7, 11) is 0. The van der Waals surface area contributed by atoms with Crippen LogP contribution in [0.3, 0.4) is 0 Å². The van der Waals surface area contributed by atoms with Gasteiger partial charge in [-0.25, -0.2) is 0 Å². The molecule has 1 aliphatic heterocycles. The Hall–Kier alpha value is -1.95. The summed E-state index contributed by atoms with van der Waals surface area (Å²) in [5, 5.41) is 10.7. The van der Waals surface area contributed by atoms with Crippen molar-refractivity contribution < 1.29 is 4.79 Å². The molecule has 0 aliphatic carbocycles. The zero-order valence-corrected chi connectivity index (χ0v) is 13.6. The van der Waals surface area contributed by atoms with Gasteiger partial charge in [-0.2, -0.15) is 0 Å². The number of pyridine rings is 1. The summed E-state index contributed by atoms with van der Waals surface area (Å²) in [4.78, 5) is 14.7. The number of aromatic nitrogens is 3. The van der Waals surface area contributed by atoms with E-state index >= 15 is 0 Å². The van der Waals surface area contributed by atoms with E-state index in [0.29, 0.717) is 5.56 Å². The van der Waals surface area contributed by atoms with Crippen LogP contribution in [0.25, 0.3) is 5.65 Å². The Bertz CT molecular complexity index is 633. The minimum atomic E-state index is -0.0309. The van der Waals surface area contributed by atoms with Crippen molar-refractivity contribution in [3.8, 4) is 0 Å². The predicted molar refractivity (Wildman–Crippen MR) is 89.5 cm³/mol. The van der Waals surface area contributed by atoms with Crippen LogP contribution in [0, 0.1) is 0 Å². The Balaban J connectivity index is 1.32. The summed E-state index contributed by atoms with van der Waals surface area (Å²) in [6, 6.07) is 3.59. The molecule has 3 rings (SSSR count). The standard InChI is InChI=1S/C17H25N5O/c23-17(15-7-8-16-20-19-14-22(16)13-15)18-9-3-1-4-10-21-11-5-2-6-12-21/h7-8,13-14H,1-6,9-12H2,(H,18,23). The first-order valence-electron chi connectivity index (χ1n) is 8.63. The van der Waals surface area contributed by atoms with E-state index in [-0.39, 0.29) is 5.91 Å². The van der Waals surface area contributed by atoms with E-state index in [1.807, 2.05) is 0 Å². The Labute approximate surface area is 136 Å². The van der Waals surface area contributed by atoms with Gasteiger partial charge < -0.3 is 10.2 Å². The minimum Gasteiger partial charge on any atom is -0.352 e. The average molecular weight is 315 g/mol. The van der Waals surface area contributed by atoms with Gasteiger partial charge in [-0.3, -0.25) is 9.20 Å². The lowest BCUT2D eigenvalue weighted by Crippen LogP contribution is -2.30. The first-order chi connectivity index (χ1) is 11.3. The highest BCUT2D eigenvalue weighted by Gasteiger charge is 2.09. The lowest BCUT2D eigenvalue weighted by Gasteiger charge is -2.26. The molecule has 0 atom stereocenters. The second-order valence-electron chi connectivity index (χ2n) is 6.23. The number of amides is 1. The fourth-order valence-corrected chi connectivity index (χ4v) is 3.09. The van der Waals surface area contributed by atoms with Crippen molar-refractivity contribution in [2.45, 2.75) is 38.5 Å². The van der Waals surface area contributed by atoms with Crippen LogP contribution in [0.4, 0.5) is 0 Å². The van der Waals surface area contributed by atoms with Gasteiger partial charge in [-0.1, -0.05) is 12.8 Å². The molecule has 2 aromatic heterocycles. The smallest absolute Gasteiger partial charge is 0.252 e. The second-order valence-corrected chi connectivity index (χ2v) is 6.23. The van der Waals surface area contributed by atoms with Gasteiger partial charge in [-0.15, -0.1) is 10.2 Å². The second kappa shape index (κ2) is 8.06. The van der Waals surface area contributed by atoms with Gasteiger partial charge in [0, 0.05) is 12.7 Å². The summed E-state index contributed by atoms with van der Waals surface area (Å²) < 4.78 is 1.76. The molecule has 2 aromatic rings. The molecule has 1 N–H and O–H groups in total. The molecular formula is C17H25N5O. The number of piperidine rings is 1. The molecule has 0 unspecified atom stereocenters. The number of carbonyl (C=O) groups excluding carboxylic acids is 1. The molecule has 3 heterocycles. The van der Waals surface area contributed by atoms with Gasteiger partial charge in [0.05, 0.1) is 5.56 Å². The van der Waals surface area contributed by atoms with Crippen LogP contribution in [-0.2, 0) is 0 Å². The highest BCUT2D eigenvalue weighted by molar-refractivity contribution is 5.94. The van der Waals surface area contributed by atoms with E-state index in [9.17, 15) is 4.79 Å². The third-order valence-corrected chi connectivity index (χ3v) is 4.44. The Morgan fingerprint density at radius 2 is 2.00 bits per heavy atom. The molecule has 6 heteroatoms. The lowest BCUT2D eigenvalue weighted by atomic mass is 10.1. The summed E-state index contributed by atoms with van der Waals surface area (Å²) in [5.41, 5.74) is 1.39. The van der Waals surface area contributed by atoms with E-state index in [4.69, 9.17) is 0 Å². The molecule has 0 spiro atoms. The molecule has 1 saturated heterocycles. The molecule has 124 valence electrons. The summed E-state index contributed by atoms with van der Waals surface area (Å²) in [6.45, 7) is 4.47. The monoisotopic (exact) mass is 315 g/mol. The van der Waals surface area contributed by atoms with Crippen LogP contribution >= 0.6 is 0 Å². The number of nitrogens with one attached hydrogen (secondary N) is 1. The van der Waals surface area contributed by atoms with Crippen molar-refractivity contribution in [1.82, 2.24) is 24.8 Å². The molecule has 1 aliphatic rings. The average Bonchev–Trinajstić information content (AvgIpc) is 3.06. The van der Waals surface area contributed by atoms with Crippen molar-refractivity contribution in [2.24, 2.45) is 0 Å². The zero-order chi connectivity index (χ0) is 15.9. The molecule has 0 aromatic carbocycles. The van der Waals surface area contributed by atoms with E-state index in [1.165, 1.54) is 51.7 Å². The van der Waals surface area contributed by atoms with Gasteiger partial charge in [0.15, 0.2) is 5.65 Å². The Kier molecular flexibility index (Phi) is 5.58. The van der Waals surface area contributed by atoms with Crippen LogP contribution in [-0.4, -0.2) is 51.6 Å². The number of nitrogens with zero attached hydrogens (tertiary/aromatic N) is 4. The summed E-state index contributed by atoms with van der Waals surface area (Å²) in [6.07, 6.45) is 10.9. The number of hydrogen-bond donors (Lipinski definition) is 1. The van der Waals surface area contributed by atoms with Gasteiger partial charge >= 0.3 is 0 Å². The maximum absolute atomic E-state index is 12.1. The SMILES string of the molecule is O=C(NCCCCCN1CCCCC1)c1ccc2nncn2c1. The molecular weight excluding hydrogens is 290 g/mol. The fourth-order valence-electron chi connectivity index (χ4n) is 3.09. The fraction of sp³-hybridized carbons (Fsp3) is 0.588. The van der Waals surface area contributed by atoms with Gasteiger partial charge in [0.1, 0.15) is 6.33 Å². The Morgan fingerprint density at radius 1 is 1.13 bits per heavy atom. The topological polar surface area (TPSA) is 62.5 Å². The number of likely N-dealkylation sites (tertiary alicyclic amines) is 1. The first-order valence-corrected chi connectivity index (χ1v) is 8.63. The lowest BCUT2D eigenvalue weighted by molar-refractivity contribution is 0.0952. The van der Waals surface area contributed by atoms with E-state index in [2.05, 4.69) is 20.4 Å². The van der Waals surface area contributed by atoms with Crippen LogP contribution in [0.1, 0.15) is 48.9 Å². The van der Waals surface area contributed by atoms with Gasteiger partial charge in [-0.05, 0) is 57.5 Å². The zero-order valence-electron chi connectivity index (χ0n) is 13.6. The largest absolute Gasteiger partial charge is 0.352 e. The molecule has 1 fully saturated rings. The number of rotatable bonds is 7. The third kappa shape index (κ3) is 4.51. The molecule has 23 heavy (non-hydrogen) atoms. The van der Waals surface area contributed by atoms with Crippen LogP contribution < -0.4 is 5.32 Å². The summed E-state index contributed by atoms with van der Waals surface area (Å²) >= 11 is 0. The van der Waals surface area contributed by atoms with Crippen molar-refractivity contribution in [3.05, 3.63) is 30.2 Å². The van der Waals surface area contributed by atoms with Crippen molar-refractivity contribution in [2.75, 3.05) is 26.2 Å². The predicted octanol–water partition coefficient (Wildman–Crippen LogP) is 2.12. The van der Waals surface area contributed by atoms with Crippen LogP contribution in [0.2, 0.25) is 0 Å². The van der Waals surface area contributed by atoms with E-state index in [1.54, 1.807) is 29.1 Å². The number of fused-ring (bicyclic) bond motifs is 1.